The highest BCUT2D eigenvalue weighted by molar-refractivity contribution is 7.25. The van der Waals surface area contributed by atoms with Crippen LogP contribution < -0.4 is 0 Å². The highest BCUT2D eigenvalue weighted by Gasteiger charge is 2.15. The van der Waals surface area contributed by atoms with Crippen LogP contribution in [0.5, 0.6) is 0 Å². The maximum Gasteiger partial charge on any atom is 0.160 e. The highest BCUT2D eigenvalue weighted by Crippen LogP contribution is 2.38. The first-order chi connectivity index (χ1) is 24.3. The van der Waals surface area contributed by atoms with Gasteiger partial charge in [0.05, 0.1) is 27.3 Å². The van der Waals surface area contributed by atoms with Gasteiger partial charge in [-0.3, -0.25) is 0 Å². The van der Waals surface area contributed by atoms with Crippen molar-refractivity contribution in [1.82, 2.24) is 24.9 Å². The third kappa shape index (κ3) is 5.54. The molecule has 0 fully saturated rings. The molecule has 0 saturated heterocycles. The lowest BCUT2D eigenvalue weighted by atomic mass is 10.0. The third-order valence-corrected chi connectivity index (χ3v) is 9.83. The standard InChI is InChI=1S/C43H27N5S/c1-4-10-28(11-5-1)29-16-20-31(21-17-29)37-25-38(48-42(47-37)34-14-8-3-9-15-34)32-22-18-30(19-23-32)35-24-36-40-41(49-43(36)44-26-35)39(45-27-46-40)33-12-6-2-7-13-33/h1-27H. The first-order valence-corrected chi connectivity index (χ1v) is 16.9. The Bertz CT molecular complexity index is 2570. The number of rotatable bonds is 6. The second kappa shape index (κ2) is 12.3. The van der Waals surface area contributed by atoms with Crippen molar-refractivity contribution in [2.75, 3.05) is 0 Å². The second-order valence-electron chi connectivity index (χ2n) is 11.8. The van der Waals surface area contributed by atoms with E-state index < -0.39 is 0 Å². The molecule has 0 atom stereocenters. The molecule has 9 rings (SSSR count). The lowest BCUT2D eigenvalue weighted by Gasteiger charge is -2.11. The first kappa shape index (κ1) is 28.8. The number of hydrogen-bond donors (Lipinski definition) is 0. The van der Waals surface area contributed by atoms with Crippen molar-refractivity contribution in [3.63, 3.8) is 0 Å². The lowest BCUT2D eigenvalue weighted by molar-refractivity contribution is 1.18. The Kier molecular flexibility index (Phi) is 7.26. The summed E-state index contributed by atoms with van der Waals surface area (Å²) >= 11 is 1.63. The molecule has 0 spiro atoms. The van der Waals surface area contributed by atoms with Gasteiger partial charge in [0.2, 0.25) is 0 Å². The molecule has 0 radical (unpaired) electrons. The number of thiophene rings is 1. The van der Waals surface area contributed by atoms with Gasteiger partial charge in [-0.25, -0.2) is 24.9 Å². The number of pyridine rings is 1. The molecule has 230 valence electrons. The van der Waals surface area contributed by atoms with Crippen molar-refractivity contribution in [3.05, 3.63) is 164 Å². The summed E-state index contributed by atoms with van der Waals surface area (Å²) < 4.78 is 1.05. The molecular weight excluding hydrogens is 619 g/mol. The summed E-state index contributed by atoms with van der Waals surface area (Å²) in [7, 11) is 0. The van der Waals surface area contributed by atoms with Crippen molar-refractivity contribution in [2.45, 2.75) is 0 Å². The van der Waals surface area contributed by atoms with Gasteiger partial charge in [0.25, 0.3) is 0 Å². The van der Waals surface area contributed by atoms with Gasteiger partial charge in [-0.2, -0.15) is 0 Å². The number of benzene rings is 5. The van der Waals surface area contributed by atoms with Crippen LogP contribution in [0.2, 0.25) is 0 Å². The van der Waals surface area contributed by atoms with Gasteiger partial charge in [-0.15, -0.1) is 11.3 Å². The molecule has 0 N–H and O–H groups in total. The minimum Gasteiger partial charge on any atom is -0.245 e. The Morgan fingerprint density at radius 3 is 1.53 bits per heavy atom. The zero-order valence-electron chi connectivity index (χ0n) is 26.2. The van der Waals surface area contributed by atoms with Crippen LogP contribution >= 0.6 is 11.3 Å². The van der Waals surface area contributed by atoms with Gasteiger partial charge in [-0.1, -0.05) is 140 Å². The summed E-state index contributed by atoms with van der Waals surface area (Å²) in [5, 5.41) is 1.03. The van der Waals surface area contributed by atoms with Crippen molar-refractivity contribution in [1.29, 1.82) is 0 Å². The van der Waals surface area contributed by atoms with E-state index in [-0.39, 0.29) is 0 Å². The zero-order chi connectivity index (χ0) is 32.6. The average Bonchev–Trinajstić information content (AvgIpc) is 3.57. The molecule has 0 bridgehead atoms. The van der Waals surface area contributed by atoms with Crippen LogP contribution in [0.15, 0.2) is 164 Å². The van der Waals surface area contributed by atoms with Gasteiger partial charge in [0.15, 0.2) is 5.82 Å². The maximum atomic E-state index is 5.03. The minimum absolute atomic E-state index is 0.695. The molecule has 4 aromatic heterocycles. The van der Waals surface area contributed by atoms with Crippen molar-refractivity contribution in [3.8, 4) is 67.4 Å². The summed E-state index contributed by atoms with van der Waals surface area (Å²) in [6.07, 6.45) is 3.59. The largest absolute Gasteiger partial charge is 0.245 e. The summed E-state index contributed by atoms with van der Waals surface area (Å²) in [5.74, 6) is 0.695. The molecule has 0 aliphatic carbocycles. The maximum absolute atomic E-state index is 5.03. The fraction of sp³-hybridized carbons (Fsp3) is 0. The van der Waals surface area contributed by atoms with Crippen LogP contribution in [-0.2, 0) is 0 Å². The Morgan fingerprint density at radius 2 is 0.918 bits per heavy atom. The van der Waals surface area contributed by atoms with E-state index in [0.717, 1.165) is 70.9 Å². The number of aromatic nitrogens is 5. The molecular formula is C43H27N5S. The monoisotopic (exact) mass is 645 g/mol. The van der Waals surface area contributed by atoms with E-state index in [4.69, 9.17) is 15.0 Å². The molecule has 49 heavy (non-hydrogen) atoms. The van der Waals surface area contributed by atoms with Gasteiger partial charge in [-0.05, 0) is 28.8 Å². The summed E-state index contributed by atoms with van der Waals surface area (Å²) in [5.41, 5.74) is 12.2. The van der Waals surface area contributed by atoms with Crippen LogP contribution in [0.4, 0.5) is 0 Å². The number of hydrogen-bond acceptors (Lipinski definition) is 6. The van der Waals surface area contributed by atoms with E-state index in [1.807, 2.05) is 48.7 Å². The predicted octanol–water partition coefficient (Wildman–Crippen LogP) is 11.0. The molecule has 0 unspecified atom stereocenters. The molecule has 0 amide bonds. The molecule has 4 heterocycles. The van der Waals surface area contributed by atoms with Gasteiger partial charge in [0.1, 0.15) is 11.2 Å². The Balaban J connectivity index is 1.08. The van der Waals surface area contributed by atoms with E-state index in [9.17, 15) is 0 Å². The van der Waals surface area contributed by atoms with Crippen molar-refractivity contribution < 1.29 is 0 Å². The quantitative estimate of drug-likeness (QED) is 0.180. The SMILES string of the molecule is c1ccc(-c2ccc(-c3cc(-c4ccc(-c5cnc6sc7c(-c8ccccc8)ncnc7c6c5)cc4)nc(-c4ccccc4)n3)cc2)cc1. The zero-order valence-corrected chi connectivity index (χ0v) is 27.0. The predicted molar refractivity (Wildman–Crippen MR) is 201 cm³/mol. The van der Waals surface area contributed by atoms with E-state index in [0.29, 0.717) is 5.82 Å². The van der Waals surface area contributed by atoms with Crippen LogP contribution in [-0.4, -0.2) is 24.9 Å². The van der Waals surface area contributed by atoms with Crippen LogP contribution in [0.25, 0.3) is 87.8 Å². The first-order valence-electron chi connectivity index (χ1n) is 16.1. The summed E-state index contributed by atoms with van der Waals surface area (Å²) in [6, 6.07) is 52.2. The molecule has 5 nitrogen and oxygen atoms in total. The normalized spacial score (nSPS) is 11.3. The van der Waals surface area contributed by atoms with Crippen molar-refractivity contribution >= 4 is 31.8 Å². The second-order valence-corrected chi connectivity index (χ2v) is 12.8. The van der Waals surface area contributed by atoms with Crippen molar-refractivity contribution in [2.24, 2.45) is 0 Å². The van der Waals surface area contributed by atoms with Crippen LogP contribution in [0, 0.1) is 0 Å². The average molecular weight is 646 g/mol. The van der Waals surface area contributed by atoms with E-state index >= 15 is 0 Å². The molecule has 6 heteroatoms. The Labute approximate surface area is 287 Å². The molecule has 0 aliphatic rings. The fourth-order valence-electron chi connectivity index (χ4n) is 6.18. The van der Waals surface area contributed by atoms with Crippen LogP contribution in [0.3, 0.4) is 0 Å². The van der Waals surface area contributed by atoms with E-state index in [2.05, 4.69) is 119 Å². The van der Waals surface area contributed by atoms with E-state index in [1.54, 1.807) is 17.7 Å². The Hall–Kier alpha value is -6.37. The summed E-state index contributed by atoms with van der Waals surface area (Å²) in [4.78, 5) is 25.1. The Morgan fingerprint density at radius 1 is 0.408 bits per heavy atom. The minimum atomic E-state index is 0.695. The molecule has 9 aromatic rings. The number of nitrogens with zero attached hydrogens (tertiary/aromatic N) is 5. The van der Waals surface area contributed by atoms with Gasteiger partial charge >= 0.3 is 0 Å². The summed E-state index contributed by atoms with van der Waals surface area (Å²) in [6.45, 7) is 0. The number of fused-ring (bicyclic) bond motifs is 3. The third-order valence-electron chi connectivity index (χ3n) is 8.72. The van der Waals surface area contributed by atoms with Gasteiger partial charge in [0, 0.05) is 39.4 Å². The lowest BCUT2D eigenvalue weighted by Crippen LogP contribution is -1.96. The van der Waals surface area contributed by atoms with Crippen LogP contribution in [0.1, 0.15) is 0 Å². The smallest absolute Gasteiger partial charge is 0.160 e. The highest BCUT2D eigenvalue weighted by atomic mass is 32.1. The molecule has 0 saturated carbocycles. The van der Waals surface area contributed by atoms with Gasteiger partial charge < -0.3 is 0 Å². The molecule has 0 aliphatic heterocycles. The molecule has 5 aromatic carbocycles. The topological polar surface area (TPSA) is 64.5 Å². The fourth-order valence-corrected chi connectivity index (χ4v) is 7.27. The van der Waals surface area contributed by atoms with E-state index in [1.165, 1.54) is 11.1 Å².